The van der Waals surface area contributed by atoms with Gasteiger partial charge in [0.05, 0.1) is 16.5 Å². The Hall–Kier alpha value is -0.620. The summed E-state index contributed by atoms with van der Waals surface area (Å²) in [6.45, 7) is 11.7. The summed E-state index contributed by atoms with van der Waals surface area (Å²) in [7, 11) is 0. The third-order valence-electron chi connectivity index (χ3n) is 11.9. The summed E-state index contributed by atoms with van der Waals surface area (Å²) < 4.78 is 0.772. The van der Waals surface area contributed by atoms with Gasteiger partial charge >= 0.3 is 0 Å². The topological polar surface area (TPSA) is 75.4 Å². The van der Waals surface area contributed by atoms with E-state index in [1.807, 2.05) is 12.1 Å². The van der Waals surface area contributed by atoms with E-state index >= 15 is 0 Å². The Kier molecular flexibility index (Phi) is 7.86. The highest BCUT2D eigenvalue weighted by Crippen LogP contribution is 2.68. The number of hydrogen-bond acceptors (Lipinski definition) is 4. The van der Waals surface area contributed by atoms with Crippen molar-refractivity contribution < 1.29 is 9.90 Å². The molecule has 1 aromatic rings. The lowest BCUT2D eigenvalue weighted by Gasteiger charge is -2.63. The van der Waals surface area contributed by atoms with Gasteiger partial charge in [-0.25, -0.2) is 0 Å². The van der Waals surface area contributed by atoms with Gasteiger partial charge in [-0.2, -0.15) is 0 Å². The molecule has 0 radical (unpaired) electrons. The maximum atomic E-state index is 13.3. The molecule has 37 heavy (non-hydrogen) atoms. The minimum Gasteiger partial charge on any atom is -0.393 e. The van der Waals surface area contributed by atoms with E-state index in [1.165, 1.54) is 25.7 Å². The van der Waals surface area contributed by atoms with E-state index in [1.54, 1.807) is 11.3 Å². The normalized spacial score (nSPS) is 43.0. The zero-order valence-electron chi connectivity index (χ0n) is 23.5. The molecule has 6 unspecified atom stereocenters. The molecule has 208 valence electrons. The van der Waals surface area contributed by atoms with Crippen molar-refractivity contribution in [2.45, 2.75) is 111 Å². The molecule has 1 aromatic heterocycles. The molecule has 4 N–H and O–H groups in total. The first-order valence-corrected chi connectivity index (χ1v) is 16.1. The quantitative estimate of drug-likeness (QED) is 0.352. The molecular weight excluding hydrogens is 500 g/mol. The van der Waals surface area contributed by atoms with Gasteiger partial charge in [0.25, 0.3) is 0 Å². The van der Waals surface area contributed by atoms with E-state index in [4.69, 9.17) is 17.3 Å². The van der Waals surface area contributed by atoms with Crippen LogP contribution in [0.25, 0.3) is 0 Å². The van der Waals surface area contributed by atoms with Gasteiger partial charge in [0, 0.05) is 17.3 Å². The molecule has 4 fully saturated rings. The lowest BCUT2D eigenvalue weighted by atomic mass is 9.43. The van der Waals surface area contributed by atoms with Crippen LogP contribution in [0.5, 0.6) is 0 Å². The molecule has 4 aliphatic carbocycles. The number of carbonyl (C=O) groups excluding carboxylic acids is 1. The van der Waals surface area contributed by atoms with Crippen LogP contribution in [0.4, 0.5) is 0 Å². The van der Waals surface area contributed by atoms with Crippen molar-refractivity contribution in [3.63, 3.8) is 0 Å². The van der Waals surface area contributed by atoms with Gasteiger partial charge in [0.15, 0.2) is 0 Å². The fourth-order valence-corrected chi connectivity index (χ4v) is 11.3. The Morgan fingerprint density at radius 3 is 2.49 bits per heavy atom. The van der Waals surface area contributed by atoms with Crippen molar-refractivity contribution in [1.82, 2.24) is 5.32 Å². The standard InChI is InChI=1S/C31H49ClN2O2S/c1-17(2)29(25-8-9-26(32)37-25)34-27(36)14-18(3)21-6-7-22-28-23(11-13-31(21,22)5)30(4)12-10-20(35)15-19(30)16-24(28)33/h8-9,17-24,28-29,35H,6-7,10-16,33H2,1-5H3,(H,34,36)/t18-,19?,20-,21?,22+,23+,24-,28?,29?,30?,31?/m1/s1. The molecule has 1 amide bonds. The fourth-order valence-electron chi connectivity index (χ4n) is 10.0. The fraction of sp³-hybridized carbons (Fsp3) is 0.839. The zero-order valence-corrected chi connectivity index (χ0v) is 25.1. The first-order valence-electron chi connectivity index (χ1n) is 14.9. The van der Waals surface area contributed by atoms with Crippen LogP contribution in [0.2, 0.25) is 4.34 Å². The second kappa shape index (κ2) is 10.4. The summed E-state index contributed by atoms with van der Waals surface area (Å²) >= 11 is 7.76. The van der Waals surface area contributed by atoms with E-state index in [-0.39, 0.29) is 29.5 Å². The van der Waals surface area contributed by atoms with Crippen molar-refractivity contribution in [2.75, 3.05) is 0 Å². The van der Waals surface area contributed by atoms with Gasteiger partial charge in [-0.1, -0.05) is 46.2 Å². The maximum absolute atomic E-state index is 13.3. The monoisotopic (exact) mass is 548 g/mol. The van der Waals surface area contributed by atoms with Crippen molar-refractivity contribution in [3.05, 3.63) is 21.3 Å². The molecule has 6 heteroatoms. The molecule has 5 rings (SSSR count). The second-order valence-corrected chi connectivity index (χ2v) is 15.9. The van der Waals surface area contributed by atoms with Crippen LogP contribution in [0.3, 0.4) is 0 Å². The van der Waals surface area contributed by atoms with Crippen LogP contribution >= 0.6 is 22.9 Å². The number of nitrogens with two attached hydrogens (primary N) is 1. The number of aliphatic hydroxyl groups excluding tert-OH is 1. The number of halogens is 1. The highest BCUT2D eigenvalue weighted by atomic mass is 35.5. The smallest absolute Gasteiger partial charge is 0.220 e. The number of fused-ring (bicyclic) bond motifs is 5. The number of nitrogens with one attached hydrogen (secondary N) is 1. The number of hydrogen-bond donors (Lipinski definition) is 3. The zero-order chi connectivity index (χ0) is 26.7. The molecule has 0 bridgehead atoms. The number of rotatable bonds is 6. The highest BCUT2D eigenvalue weighted by molar-refractivity contribution is 7.16. The maximum Gasteiger partial charge on any atom is 0.220 e. The Labute approximate surface area is 233 Å². The average Bonchev–Trinajstić information content (AvgIpc) is 3.41. The summed E-state index contributed by atoms with van der Waals surface area (Å²) in [6, 6.07) is 4.24. The molecule has 1 heterocycles. The summed E-state index contributed by atoms with van der Waals surface area (Å²) in [5.74, 6) is 3.94. The first-order chi connectivity index (χ1) is 17.4. The van der Waals surface area contributed by atoms with Crippen molar-refractivity contribution in [2.24, 2.45) is 58.0 Å². The van der Waals surface area contributed by atoms with Crippen molar-refractivity contribution >= 4 is 28.8 Å². The molecule has 11 atom stereocenters. The second-order valence-electron chi connectivity index (χ2n) is 14.2. The Balaban J connectivity index is 1.27. The highest BCUT2D eigenvalue weighted by Gasteiger charge is 2.62. The SMILES string of the molecule is CC(C)C(NC(=O)C[C@@H](C)C1CC[C@H]2C3[C@H](N)CC4C[C@H](O)CCC4(C)[C@H]3CCC12C)c1ccc(Cl)s1. The summed E-state index contributed by atoms with van der Waals surface area (Å²) in [6.07, 6.45) is 9.59. The number of amides is 1. The van der Waals surface area contributed by atoms with Crippen LogP contribution in [0, 0.1) is 52.3 Å². The number of carbonyl (C=O) groups is 1. The Morgan fingerprint density at radius 1 is 1.11 bits per heavy atom. The van der Waals surface area contributed by atoms with Gasteiger partial charge in [-0.15, -0.1) is 11.3 Å². The van der Waals surface area contributed by atoms with E-state index in [0.717, 1.165) is 34.9 Å². The molecule has 0 aliphatic heterocycles. The van der Waals surface area contributed by atoms with Gasteiger partial charge in [-0.05, 0) is 116 Å². The van der Waals surface area contributed by atoms with Gasteiger partial charge in [0.2, 0.25) is 5.91 Å². The molecule has 0 saturated heterocycles. The molecule has 4 saturated carbocycles. The summed E-state index contributed by atoms with van der Waals surface area (Å²) in [5.41, 5.74) is 7.61. The van der Waals surface area contributed by atoms with E-state index in [0.29, 0.717) is 53.3 Å². The lowest BCUT2D eigenvalue weighted by molar-refractivity contribution is -0.138. The van der Waals surface area contributed by atoms with Crippen molar-refractivity contribution in [1.29, 1.82) is 0 Å². The molecule has 4 aliphatic rings. The van der Waals surface area contributed by atoms with Crippen LogP contribution in [-0.4, -0.2) is 23.2 Å². The first kappa shape index (κ1) is 27.9. The molecular formula is C31H49ClN2O2S. The average molecular weight is 549 g/mol. The van der Waals surface area contributed by atoms with E-state index in [9.17, 15) is 9.90 Å². The van der Waals surface area contributed by atoms with Gasteiger partial charge in [-0.3, -0.25) is 4.79 Å². The lowest BCUT2D eigenvalue weighted by Crippen LogP contribution is -2.60. The van der Waals surface area contributed by atoms with Crippen LogP contribution in [-0.2, 0) is 4.79 Å². The number of thiophene rings is 1. The van der Waals surface area contributed by atoms with E-state index in [2.05, 4.69) is 39.9 Å². The number of aliphatic hydroxyl groups is 1. The van der Waals surface area contributed by atoms with Gasteiger partial charge in [0.1, 0.15) is 0 Å². The minimum absolute atomic E-state index is 0.0162. The minimum atomic E-state index is -0.134. The van der Waals surface area contributed by atoms with E-state index < -0.39 is 0 Å². The Bertz CT molecular complexity index is 982. The Morgan fingerprint density at radius 2 is 1.81 bits per heavy atom. The third kappa shape index (κ3) is 4.93. The van der Waals surface area contributed by atoms with Gasteiger partial charge < -0.3 is 16.2 Å². The summed E-state index contributed by atoms with van der Waals surface area (Å²) in [5, 5.41) is 13.7. The van der Waals surface area contributed by atoms with Crippen LogP contribution < -0.4 is 11.1 Å². The van der Waals surface area contributed by atoms with Crippen molar-refractivity contribution in [3.8, 4) is 0 Å². The summed E-state index contributed by atoms with van der Waals surface area (Å²) in [4.78, 5) is 14.4. The molecule has 4 nitrogen and oxygen atoms in total. The largest absolute Gasteiger partial charge is 0.393 e. The molecule has 0 aromatic carbocycles. The predicted octanol–water partition coefficient (Wildman–Crippen LogP) is 7.20. The van der Waals surface area contributed by atoms with Crippen LogP contribution in [0.1, 0.15) is 103 Å². The van der Waals surface area contributed by atoms with Crippen LogP contribution in [0.15, 0.2) is 12.1 Å². The predicted molar refractivity (Wildman–Crippen MR) is 153 cm³/mol. The third-order valence-corrected chi connectivity index (χ3v) is 13.2. The molecule has 0 spiro atoms.